The predicted octanol–water partition coefficient (Wildman–Crippen LogP) is 1.51. The molecule has 1 amide bonds. The van der Waals surface area contributed by atoms with E-state index >= 15 is 0 Å². The zero-order valence-corrected chi connectivity index (χ0v) is 14.9. The average Bonchev–Trinajstić information content (AvgIpc) is 3.10. The van der Waals surface area contributed by atoms with Crippen LogP contribution in [0.3, 0.4) is 0 Å². The second-order valence-electron chi connectivity index (χ2n) is 6.40. The van der Waals surface area contributed by atoms with Gasteiger partial charge in [0, 0.05) is 24.0 Å². The number of nitrogens with zero attached hydrogens (tertiary/aromatic N) is 4. The maximum absolute atomic E-state index is 12.8. The number of hydrogen-bond acceptors (Lipinski definition) is 6. The van der Waals surface area contributed by atoms with Gasteiger partial charge in [-0.3, -0.25) is 15.0 Å². The molecular weight excluding hydrogens is 362 g/mol. The minimum atomic E-state index is -0.442. The molecule has 1 aliphatic heterocycles. The summed E-state index contributed by atoms with van der Waals surface area (Å²) in [6, 6.07) is 8.42. The standard InChI is InChI=1S/C19H15N5O4/c1-11-8-17-20-10-13-14(24(17)21-11)4-5-23(19(13)26)22-18(25)12-2-3-15-16(9-12)28-7-6-27-15/h2-5,8-10H,6-7H2,1H3,(H,22,25). The molecule has 0 spiro atoms. The molecule has 0 unspecified atom stereocenters. The first kappa shape index (κ1) is 16.3. The van der Waals surface area contributed by atoms with Gasteiger partial charge in [-0.05, 0) is 31.2 Å². The van der Waals surface area contributed by atoms with Crippen LogP contribution in [0.2, 0.25) is 0 Å². The summed E-state index contributed by atoms with van der Waals surface area (Å²) < 4.78 is 13.7. The van der Waals surface area contributed by atoms with Crippen molar-refractivity contribution in [1.29, 1.82) is 0 Å². The Labute approximate surface area is 158 Å². The number of aryl methyl sites for hydroxylation is 1. The summed E-state index contributed by atoms with van der Waals surface area (Å²) in [5.41, 5.74) is 4.62. The lowest BCUT2D eigenvalue weighted by Crippen LogP contribution is -2.33. The maximum Gasteiger partial charge on any atom is 0.280 e. The molecule has 4 heterocycles. The zero-order valence-electron chi connectivity index (χ0n) is 14.9. The summed E-state index contributed by atoms with van der Waals surface area (Å²) in [5.74, 6) is 0.656. The number of rotatable bonds is 2. The number of carbonyl (C=O) groups is 1. The summed E-state index contributed by atoms with van der Waals surface area (Å²) in [6.45, 7) is 2.76. The van der Waals surface area contributed by atoms with Gasteiger partial charge in [-0.25, -0.2) is 14.2 Å². The van der Waals surface area contributed by atoms with E-state index in [2.05, 4.69) is 15.5 Å². The van der Waals surface area contributed by atoms with Gasteiger partial charge < -0.3 is 9.47 Å². The monoisotopic (exact) mass is 377 g/mol. The van der Waals surface area contributed by atoms with Gasteiger partial charge in [-0.15, -0.1) is 0 Å². The van der Waals surface area contributed by atoms with Crippen molar-refractivity contribution in [2.24, 2.45) is 0 Å². The van der Waals surface area contributed by atoms with Gasteiger partial charge in [0.25, 0.3) is 11.5 Å². The Morgan fingerprint density at radius 1 is 1.14 bits per heavy atom. The quantitative estimate of drug-likeness (QED) is 0.568. The van der Waals surface area contributed by atoms with Crippen LogP contribution in [0, 0.1) is 6.92 Å². The Morgan fingerprint density at radius 2 is 1.96 bits per heavy atom. The molecule has 0 atom stereocenters. The Hall–Kier alpha value is -3.88. The van der Waals surface area contributed by atoms with E-state index in [1.807, 2.05) is 13.0 Å². The fourth-order valence-corrected chi connectivity index (χ4v) is 3.18. The highest BCUT2D eigenvalue weighted by Gasteiger charge is 2.16. The average molecular weight is 377 g/mol. The van der Waals surface area contributed by atoms with Crippen molar-refractivity contribution in [2.75, 3.05) is 18.6 Å². The van der Waals surface area contributed by atoms with Crippen LogP contribution in [0.5, 0.6) is 11.5 Å². The van der Waals surface area contributed by atoms with E-state index in [-0.39, 0.29) is 0 Å². The molecule has 4 aromatic rings. The largest absolute Gasteiger partial charge is 0.486 e. The highest BCUT2D eigenvalue weighted by atomic mass is 16.6. The van der Waals surface area contributed by atoms with Gasteiger partial charge >= 0.3 is 0 Å². The first-order valence-corrected chi connectivity index (χ1v) is 8.68. The SMILES string of the molecule is Cc1cc2ncc3c(=O)n(NC(=O)c4ccc5c(c4)OCCO5)ccc3n2n1. The first-order valence-electron chi connectivity index (χ1n) is 8.68. The van der Waals surface area contributed by atoms with E-state index in [9.17, 15) is 9.59 Å². The molecule has 0 fully saturated rings. The fourth-order valence-electron chi connectivity index (χ4n) is 3.18. The smallest absolute Gasteiger partial charge is 0.280 e. The van der Waals surface area contributed by atoms with E-state index in [0.717, 1.165) is 10.4 Å². The molecule has 0 aliphatic carbocycles. The summed E-state index contributed by atoms with van der Waals surface area (Å²) in [6.07, 6.45) is 2.98. The molecule has 1 aromatic carbocycles. The van der Waals surface area contributed by atoms with Crippen LogP contribution in [0.25, 0.3) is 16.6 Å². The second kappa shape index (κ2) is 6.08. The van der Waals surface area contributed by atoms with Crippen LogP contribution < -0.4 is 20.5 Å². The summed E-state index contributed by atoms with van der Waals surface area (Å²) in [5, 5.41) is 4.70. The van der Waals surface area contributed by atoms with Crippen molar-refractivity contribution in [3.8, 4) is 11.5 Å². The Balaban J connectivity index is 1.51. The number of ether oxygens (including phenoxy) is 2. The Morgan fingerprint density at radius 3 is 2.82 bits per heavy atom. The molecule has 28 heavy (non-hydrogen) atoms. The topological polar surface area (TPSA) is 99.8 Å². The number of hydrogen-bond donors (Lipinski definition) is 1. The van der Waals surface area contributed by atoms with Crippen LogP contribution in [0.4, 0.5) is 0 Å². The summed E-state index contributed by atoms with van der Waals surface area (Å²) in [7, 11) is 0. The van der Waals surface area contributed by atoms with Crippen molar-refractivity contribution in [3.05, 3.63) is 64.3 Å². The number of fused-ring (bicyclic) bond motifs is 4. The van der Waals surface area contributed by atoms with Crippen molar-refractivity contribution in [2.45, 2.75) is 6.92 Å². The van der Waals surface area contributed by atoms with Gasteiger partial charge in [0.2, 0.25) is 0 Å². The van der Waals surface area contributed by atoms with Crippen molar-refractivity contribution >= 4 is 22.5 Å². The van der Waals surface area contributed by atoms with Crippen LogP contribution >= 0.6 is 0 Å². The van der Waals surface area contributed by atoms with E-state index in [4.69, 9.17) is 9.47 Å². The van der Waals surface area contributed by atoms with Gasteiger partial charge in [-0.1, -0.05) is 0 Å². The third-order valence-electron chi connectivity index (χ3n) is 4.50. The molecule has 140 valence electrons. The third-order valence-corrected chi connectivity index (χ3v) is 4.50. The number of benzene rings is 1. The summed E-state index contributed by atoms with van der Waals surface area (Å²) >= 11 is 0. The minimum absolute atomic E-state index is 0.348. The number of nitrogens with one attached hydrogen (secondary N) is 1. The molecule has 0 saturated heterocycles. The highest BCUT2D eigenvalue weighted by Crippen LogP contribution is 2.30. The van der Waals surface area contributed by atoms with Crippen molar-refractivity contribution in [3.63, 3.8) is 0 Å². The van der Waals surface area contributed by atoms with Crippen LogP contribution in [0.15, 0.2) is 47.5 Å². The highest BCUT2D eigenvalue weighted by molar-refractivity contribution is 6.00. The Bertz CT molecular complexity index is 1310. The van der Waals surface area contributed by atoms with Gasteiger partial charge in [0.15, 0.2) is 17.1 Å². The van der Waals surface area contributed by atoms with Crippen molar-refractivity contribution in [1.82, 2.24) is 19.3 Å². The van der Waals surface area contributed by atoms with Crippen molar-refractivity contribution < 1.29 is 14.3 Å². The summed E-state index contributed by atoms with van der Waals surface area (Å²) in [4.78, 5) is 29.7. The molecule has 0 saturated carbocycles. The van der Waals surface area contributed by atoms with Gasteiger partial charge in [-0.2, -0.15) is 5.10 Å². The number of pyridine rings is 1. The molecular formula is C19H15N5O4. The molecule has 9 nitrogen and oxygen atoms in total. The lowest BCUT2D eigenvalue weighted by atomic mass is 10.2. The number of carbonyl (C=O) groups excluding carboxylic acids is 1. The fraction of sp³-hybridized carbons (Fsp3) is 0.158. The number of amides is 1. The van der Waals surface area contributed by atoms with E-state index < -0.39 is 11.5 Å². The van der Waals surface area contributed by atoms with Gasteiger partial charge in [0.1, 0.15) is 13.2 Å². The first-order chi connectivity index (χ1) is 13.6. The number of aromatic nitrogens is 4. The van der Waals surface area contributed by atoms with Crippen LogP contribution in [-0.2, 0) is 0 Å². The van der Waals surface area contributed by atoms with E-state index in [1.165, 1.54) is 12.4 Å². The molecule has 3 aromatic heterocycles. The third kappa shape index (κ3) is 2.56. The Kier molecular flexibility index (Phi) is 3.54. The molecule has 5 rings (SSSR count). The predicted molar refractivity (Wildman–Crippen MR) is 101 cm³/mol. The maximum atomic E-state index is 12.8. The van der Waals surface area contributed by atoms with Crippen LogP contribution in [-0.4, -0.2) is 38.4 Å². The zero-order chi connectivity index (χ0) is 19.3. The molecule has 1 N–H and O–H groups in total. The minimum Gasteiger partial charge on any atom is -0.486 e. The normalized spacial score (nSPS) is 13.0. The molecule has 9 heteroatoms. The van der Waals surface area contributed by atoms with Gasteiger partial charge in [0.05, 0.1) is 16.6 Å². The molecule has 0 bridgehead atoms. The lowest BCUT2D eigenvalue weighted by Gasteiger charge is -2.18. The lowest BCUT2D eigenvalue weighted by molar-refractivity contribution is 0.101. The molecule has 1 aliphatic rings. The van der Waals surface area contributed by atoms with Crippen LogP contribution in [0.1, 0.15) is 16.1 Å². The second-order valence-corrected chi connectivity index (χ2v) is 6.40. The van der Waals surface area contributed by atoms with E-state index in [0.29, 0.717) is 46.8 Å². The van der Waals surface area contributed by atoms with E-state index in [1.54, 1.807) is 28.8 Å². The molecule has 0 radical (unpaired) electrons.